The van der Waals surface area contributed by atoms with Crippen LogP contribution in [-0.2, 0) is 6.42 Å². The van der Waals surface area contributed by atoms with Crippen molar-refractivity contribution in [1.82, 2.24) is 10.2 Å². The van der Waals surface area contributed by atoms with Crippen molar-refractivity contribution in [3.63, 3.8) is 0 Å². The highest BCUT2D eigenvalue weighted by molar-refractivity contribution is 7.71. The molecule has 82 valence electrons. The van der Waals surface area contributed by atoms with E-state index in [4.69, 9.17) is 12.2 Å². The summed E-state index contributed by atoms with van der Waals surface area (Å²) in [7, 11) is 0. The Morgan fingerprint density at radius 3 is 2.88 bits per heavy atom. The Labute approximate surface area is 100 Å². The van der Waals surface area contributed by atoms with Crippen molar-refractivity contribution in [2.45, 2.75) is 19.8 Å². The third-order valence-corrected chi connectivity index (χ3v) is 2.67. The Morgan fingerprint density at radius 2 is 2.12 bits per heavy atom. The molecule has 0 spiro atoms. The fourth-order valence-corrected chi connectivity index (χ4v) is 1.91. The maximum Gasteiger partial charge on any atom is 0.120 e. The fraction of sp³-hybridized carbons (Fsp3) is 0.231. The van der Waals surface area contributed by atoms with E-state index in [1.54, 1.807) is 6.20 Å². The number of benzene rings is 1. The molecule has 1 heterocycles. The molecule has 16 heavy (non-hydrogen) atoms. The van der Waals surface area contributed by atoms with Gasteiger partial charge in [0.05, 0.1) is 6.20 Å². The highest BCUT2D eigenvalue weighted by atomic mass is 32.1. The first-order chi connectivity index (χ1) is 7.79. The second-order valence-electron chi connectivity index (χ2n) is 3.78. The molecule has 2 nitrogen and oxygen atoms in total. The van der Waals surface area contributed by atoms with Gasteiger partial charge in [0.25, 0.3) is 0 Å². The van der Waals surface area contributed by atoms with E-state index in [9.17, 15) is 0 Å². The third-order valence-electron chi connectivity index (χ3n) is 2.46. The van der Waals surface area contributed by atoms with Crippen molar-refractivity contribution in [3.8, 4) is 11.1 Å². The summed E-state index contributed by atoms with van der Waals surface area (Å²) in [5.41, 5.74) is 3.61. The number of hydrogen-bond acceptors (Lipinski definition) is 2. The van der Waals surface area contributed by atoms with Crippen LogP contribution in [0.3, 0.4) is 0 Å². The van der Waals surface area contributed by atoms with Crippen LogP contribution in [0.5, 0.6) is 0 Å². The number of nitrogens with one attached hydrogen (secondary N) is 1. The van der Waals surface area contributed by atoms with Crippen LogP contribution in [-0.4, -0.2) is 10.2 Å². The van der Waals surface area contributed by atoms with Gasteiger partial charge in [-0.3, -0.25) is 5.10 Å². The number of nitrogens with zero attached hydrogens (tertiary/aromatic N) is 1. The van der Waals surface area contributed by atoms with E-state index >= 15 is 0 Å². The lowest BCUT2D eigenvalue weighted by Gasteiger charge is -2.03. The fourth-order valence-electron chi connectivity index (χ4n) is 1.73. The van der Waals surface area contributed by atoms with Crippen LogP contribution >= 0.6 is 12.2 Å². The molecule has 0 fully saturated rings. The molecule has 1 aromatic carbocycles. The van der Waals surface area contributed by atoms with Crippen LogP contribution < -0.4 is 0 Å². The Morgan fingerprint density at radius 1 is 1.25 bits per heavy atom. The van der Waals surface area contributed by atoms with Crippen LogP contribution in [0, 0.1) is 4.64 Å². The van der Waals surface area contributed by atoms with Gasteiger partial charge in [-0.2, -0.15) is 5.10 Å². The summed E-state index contributed by atoms with van der Waals surface area (Å²) < 4.78 is 0.665. The monoisotopic (exact) mass is 230 g/mol. The van der Waals surface area contributed by atoms with Gasteiger partial charge in [0, 0.05) is 5.56 Å². The number of aromatic nitrogens is 2. The first-order valence-electron chi connectivity index (χ1n) is 5.43. The van der Waals surface area contributed by atoms with Crippen LogP contribution in [0.15, 0.2) is 36.5 Å². The Balaban J connectivity index is 2.40. The van der Waals surface area contributed by atoms with Crippen molar-refractivity contribution in [1.29, 1.82) is 0 Å². The number of H-pyrrole nitrogens is 1. The van der Waals surface area contributed by atoms with Gasteiger partial charge in [0.2, 0.25) is 0 Å². The first kappa shape index (κ1) is 11.0. The summed E-state index contributed by atoms with van der Waals surface area (Å²) in [6.45, 7) is 2.19. The number of rotatable bonds is 3. The molecule has 0 saturated carbocycles. The van der Waals surface area contributed by atoms with Gasteiger partial charge in [0.1, 0.15) is 4.64 Å². The molecular weight excluding hydrogens is 216 g/mol. The molecule has 0 aliphatic carbocycles. The second kappa shape index (κ2) is 5.03. The quantitative estimate of drug-likeness (QED) is 0.813. The minimum Gasteiger partial charge on any atom is -0.268 e. The van der Waals surface area contributed by atoms with Crippen molar-refractivity contribution in [3.05, 3.63) is 46.7 Å². The maximum atomic E-state index is 5.07. The topological polar surface area (TPSA) is 28.7 Å². The molecule has 0 saturated heterocycles. The number of hydrogen-bond donors (Lipinski definition) is 1. The molecule has 0 amide bonds. The number of aryl methyl sites for hydroxylation is 1. The average Bonchev–Trinajstić information content (AvgIpc) is 2.30. The lowest BCUT2D eigenvalue weighted by atomic mass is 10.0. The molecular formula is C13H14N2S. The van der Waals surface area contributed by atoms with Gasteiger partial charge in [0.15, 0.2) is 0 Å². The SMILES string of the molecule is CCCc1cccc(-c2cn[nH]c(=S)c2)c1. The van der Waals surface area contributed by atoms with Crippen LogP contribution in [0.4, 0.5) is 0 Å². The van der Waals surface area contributed by atoms with E-state index in [0.717, 1.165) is 18.4 Å². The normalized spacial score (nSPS) is 10.3. The van der Waals surface area contributed by atoms with Crippen LogP contribution in [0.2, 0.25) is 0 Å². The van der Waals surface area contributed by atoms with Gasteiger partial charge >= 0.3 is 0 Å². The maximum absolute atomic E-state index is 5.07. The molecule has 0 unspecified atom stereocenters. The van der Waals surface area contributed by atoms with E-state index < -0.39 is 0 Å². The molecule has 0 aliphatic heterocycles. The standard InChI is InChI=1S/C13H14N2S/c1-2-4-10-5-3-6-11(7-10)12-8-13(16)15-14-9-12/h3,5-9H,2,4H2,1H3,(H,15,16). The Hall–Kier alpha value is -1.48. The molecule has 2 aromatic rings. The summed E-state index contributed by atoms with van der Waals surface area (Å²) in [5.74, 6) is 0. The smallest absolute Gasteiger partial charge is 0.120 e. The van der Waals surface area contributed by atoms with E-state index in [1.165, 1.54) is 11.1 Å². The lowest BCUT2D eigenvalue weighted by Crippen LogP contribution is -1.87. The summed E-state index contributed by atoms with van der Waals surface area (Å²) in [4.78, 5) is 0. The van der Waals surface area contributed by atoms with Gasteiger partial charge in [-0.1, -0.05) is 49.8 Å². The molecule has 0 aliphatic rings. The Kier molecular flexibility index (Phi) is 3.47. The summed E-state index contributed by atoms with van der Waals surface area (Å²) >= 11 is 5.07. The second-order valence-corrected chi connectivity index (χ2v) is 4.22. The minimum absolute atomic E-state index is 0.665. The number of aromatic amines is 1. The average molecular weight is 230 g/mol. The van der Waals surface area contributed by atoms with Crippen molar-refractivity contribution in [2.75, 3.05) is 0 Å². The van der Waals surface area contributed by atoms with Gasteiger partial charge in [-0.25, -0.2) is 0 Å². The highest BCUT2D eigenvalue weighted by Crippen LogP contribution is 2.19. The van der Waals surface area contributed by atoms with Crippen LogP contribution in [0.25, 0.3) is 11.1 Å². The van der Waals surface area contributed by atoms with Crippen LogP contribution in [0.1, 0.15) is 18.9 Å². The highest BCUT2D eigenvalue weighted by Gasteiger charge is 1.99. The van der Waals surface area contributed by atoms with Crippen molar-refractivity contribution >= 4 is 12.2 Å². The predicted molar refractivity (Wildman–Crippen MR) is 68.9 cm³/mol. The van der Waals surface area contributed by atoms with Gasteiger partial charge in [-0.05, 0) is 23.6 Å². The zero-order valence-electron chi connectivity index (χ0n) is 9.23. The molecule has 1 N–H and O–H groups in total. The summed E-state index contributed by atoms with van der Waals surface area (Å²) in [6, 6.07) is 10.5. The van der Waals surface area contributed by atoms with Gasteiger partial charge in [-0.15, -0.1) is 0 Å². The minimum atomic E-state index is 0.665. The molecule has 0 radical (unpaired) electrons. The Bertz CT molecular complexity index is 531. The molecule has 0 bridgehead atoms. The largest absolute Gasteiger partial charge is 0.268 e. The third kappa shape index (κ3) is 2.55. The molecule has 1 aromatic heterocycles. The summed E-state index contributed by atoms with van der Waals surface area (Å²) in [6.07, 6.45) is 4.08. The molecule has 3 heteroatoms. The van der Waals surface area contributed by atoms with Gasteiger partial charge < -0.3 is 0 Å². The van der Waals surface area contributed by atoms with Crippen molar-refractivity contribution < 1.29 is 0 Å². The molecule has 0 atom stereocenters. The van der Waals surface area contributed by atoms with E-state index in [2.05, 4.69) is 41.4 Å². The van der Waals surface area contributed by atoms with Crippen molar-refractivity contribution in [2.24, 2.45) is 0 Å². The lowest BCUT2D eigenvalue weighted by molar-refractivity contribution is 0.922. The predicted octanol–water partition coefficient (Wildman–Crippen LogP) is 3.76. The zero-order chi connectivity index (χ0) is 11.4. The van der Waals surface area contributed by atoms with E-state index in [0.29, 0.717) is 4.64 Å². The zero-order valence-corrected chi connectivity index (χ0v) is 10.1. The molecule has 2 rings (SSSR count). The van der Waals surface area contributed by atoms with E-state index in [-0.39, 0.29) is 0 Å². The summed E-state index contributed by atoms with van der Waals surface area (Å²) in [5, 5.41) is 6.75. The van der Waals surface area contributed by atoms with E-state index in [1.807, 2.05) is 6.07 Å². The first-order valence-corrected chi connectivity index (χ1v) is 5.84.